The van der Waals surface area contributed by atoms with Crippen LogP contribution in [0.3, 0.4) is 0 Å². The van der Waals surface area contributed by atoms with Gasteiger partial charge < -0.3 is 20.9 Å². The summed E-state index contributed by atoms with van der Waals surface area (Å²) in [5.74, 6) is 0.121. The van der Waals surface area contributed by atoms with Gasteiger partial charge in [0.25, 0.3) is 5.91 Å². The van der Waals surface area contributed by atoms with Crippen molar-refractivity contribution in [2.75, 3.05) is 13.2 Å². The summed E-state index contributed by atoms with van der Waals surface area (Å²) < 4.78 is 5.13. The maximum Gasteiger partial charge on any atom is 0.255 e. The molecule has 1 atom stereocenters. The molecule has 0 spiro atoms. The van der Waals surface area contributed by atoms with E-state index in [2.05, 4.69) is 5.32 Å². The van der Waals surface area contributed by atoms with Crippen LogP contribution in [0.5, 0.6) is 5.75 Å². The Balaban J connectivity index is 2.41. The van der Waals surface area contributed by atoms with E-state index < -0.39 is 5.91 Å². The largest absolute Gasteiger partial charge is 0.484 e. The second-order valence-electron chi connectivity index (χ2n) is 3.86. The van der Waals surface area contributed by atoms with Crippen LogP contribution >= 0.6 is 0 Å². The Morgan fingerprint density at radius 2 is 2.12 bits per heavy atom. The van der Waals surface area contributed by atoms with Crippen LogP contribution < -0.4 is 15.8 Å². The van der Waals surface area contributed by atoms with Gasteiger partial charge in [-0.3, -0.25) is 4.79 Å². The third kappa shape index (κ3) is 5.33. The van der Waals surface area contributed by atoms with E-state index in [-0.39, 0.29) is 19.3 Å². The monoisotopic (exact) mass is 238 g/mol. The lowest BCUT2D eigenvalue weighted by atomic mass is 10.2. The fourth-order valence-electron chi connectivity index (χ4n) is 1.21. The van der Waals surface area contributed by atoms with Crippen molar-refractivity contribution in [3.8, 4) is 5.75 Å². The molecule has 5 nitrogen and oxygen atoms in total. The molecule has 4 N–H and O–H groups in total. The molecule has 5 heteroatoms. The number of ether oxygens (including phenoxy) is 1. The van der Waals surface area contributed by atoms with Crippen molar-refractivity contribution < 1.29 is 14.6 Å². The number of amides is 1. The number of hydrogen-bond acceptors (Lipinski definition) is 4. The van der Waals surface area contributed by atoms with E-state index in [9.17, 15) is 4.79 Å². The first-order valence-corrected chi connectivity index (χ1v) is 5.46. The first-order chi connectivity index (χ1) is 8.11. The van der Waals surface area contributed by atoms with Gasteiger partial charge in [0.15, 0.2) is 6.61 Å². The highest BCUT2D eigenvalue weighted by Gasteiger charge is 2.00. The Bertz CT molecular complexity index is 351. The van der Waals surface area contributed by atoms with Crippen LogP contribution in [0.2, 0.25) is 0 Å². The van der Waals surface area contributed by atoms with Gasteiger partial charge in [-0.25, -0.2) is 0 Å². The minimum Gasteiger partial charge on any atom is -0.484 e. The molecule has 0 heterocycles. The molecule has 1 amide bonds. The van der Waals surface area contributed by atoms with Gasteiger partial charge in [-0.2, -0.15) is 0 Å². The molecular formula is C12H18N2O3. The number of aliphatic hydroxyl groups is 1. The van der Waals surface area contributed by atoms with Gasteiger partial charge >= 0.3 is 0 Å². The number of primary amides is 1. The quantitative estimate of drug-likeness (QED) is 0.625. The average Bonchev–Trinajstić information content (AvgIpc) is 2.34. The zero-order valence-electron chi connectivity index (χ0n) is 9.85. The molecule has 94 valence electrons. The predicted octanol–water partition coefficient (Wildman–Crippen LogP) is 0.0211. The lowest BCUT2D eigenvalue weighted by Crippen LogP contribution is -2.28. The topological polar surface area (TPSA) is 84.6 Å². The van der Waals surface area contributed by atoms with Gasteiger partial charge in [0.1, 0.15) is 5.75 Å². The van der Waals surface area contributed by atoms with Crippen molar-refractivity contribution in [1.29, 1.82) is 0 Å². The molecule has 0 radical (unpaired) electrons. The van der Waals surface area contributed by atoms with Gasteiger partial charge in [0.05, 0.1) is 6.61 Å². The zero-order chi connectivity index (χ0) is 12.7. The van der Waals surface area contributed by atoms with Crippen molar-refractivity contribution in [2.24, 2.45) is 5.73 Å². The number of rotatable bonds is 7. The molecular weight excluding hydrogens is 220 g/mol. The number of hydrogen-bond donors (Lipinski definition) is 3. The van der Waals surface area contributed by atoms with Crippen LogP contribution in [0.25, 0.3) is 0 Å². The Morgan fingerprint density at radius 1 is 1.47 bits per heavy atom. The number of aliphatic hydroxyl groups excluding tert-OH is 1. The van der Waals surface area contributed by atoms with Crippen LogP contribution in [0, 0.1) is 0 Å². The van der Waals surface area contributed by atoms with Gasteiger partial charge in [0.2, 0.25) is 0 Å². The summed E-state index contributed by atoms with van der Waals surface area (Å²) in [6.45, 7) is 2.58. The lowest BCUT2D eigenvalue weighted by Gasteiger charge is -2.11. The Kier molecular flexibility index (Phi) is 5.45. The molecule has 1 unspecified atom stereocenters. The van der Waals surface area contributed by atoms with Crippen LogP contribution in [0.1, 0.15) is 12.5 Å². The molecule has 1 aromatic carbocycles. The first kappa shape index (κ1) is 13.5. The molecule has 0 aliphatic carbocycles. The van der Waals surface area contributed by atoms with Crippen LogP contribution in [0.4, 0.5) is 0 Å². The van der Waals surface area contributed by atoms with E-state index in [1.165, 1.54) is 0 Å². The normalized spacial score (nSPS) is 12.1. The summed E-state index contributed by atoms with van der Waals surface area (Å²) in [5, 5.41) is 12.0. The van der Waals surface area contributed by atoms with Crippen molar-refractivity contribution in [2.45, 2.75) is 19.5 Å². The van der Waals surface area contributed by atoms with E-state index in [0.29, 0.717) is 12.3 Å². The number of nitrogens with two attached hydrogens (primary N) is 1. The fraction of sp³-hybridized carbons (Fsp3) is 0.417. The third-order valence-corrected chi connectivity index (χ3v) is 2.23. The second-order valence-corrected chi connectivity index (χ2v) is 3.86. The molecule has 0 bridgehead atoms. The molecule has 1 rings (SSSR count). The van der Waals surface area contributed by atoms with Crippen molar-refractivity contribution in [3.63, 3.8) is 0 Å². The minimum atomic E-state index is -0.493. The standard InChI is InChI=1S/C12H18N2O3/c1-9(7-15)14-6-10-2-4-11(5-3-10)17-8-12(13)16/h2-5,9,14-15H,6-8H2,1H3,(H2,13,16). The molecule has 17 heavy (non-hydrogen) atoms. The summed E-state index contributed by atoms with van der Waals surface area (Å²) in [6, 6.07) is 7.43. The molecule has 0 saturated heterocycles. The summed E-state index contributed by atoms with van der Waals surface area (Å²) in [6.07, 6.45) is 0. The smallest absolute Gasteiger partial charge is 0.255 e. The van der Waals surface area contributed by atoms with E-state index >= 15 is 0 Å². The summed E-state index contributed by atoms with van der Waals surface area (Å²) >= 11 is 0. The Hall–Kier alpha value is -1.59. The highest BCUT2D eigenvalue weighted by Crippen LogP contribution is 2.11. The Morgan fingerprint density at radius 3 is 2.65 bits per heavy atom. The third-order valence-electron chi connectivity index (χ3n) is 2.23. The van der Waals surface area contributed by atoms with E-state index in [0.717, 1.165) is 5.56 Å². The summed E-state index contributed by atoms with van der Waals surface area (Å²) in [7, 11) is 0. The highest BCUT2D eigenvalue weighted by atomic mass is 16.5. The molecule has 0 aliphatic rings. The van der Waals surface area contributed by atoms with Crippen molar-refractivity contribution in [3.05, 3.63) is 29.8 Å². The van der Waals surface area contributed by atoms with Gasteiger partial charge in [-0.05, 0) is 24.6 Å². The summed E-state index contributed by atoms with van der Waals surface area (Å²) in [5.41, 5.74) is 6.05. The summed E-state index contributed by atoms with van der Waals surface area (Å²) in [4.78, 5) is 10.5. The minimum absolute atomic E-state index is 0.0702. The van der Waals surface area contributed by atoms with Gasteiger partial charge in [0, 0.05) is 12.6 Å². The average molecular weight is 238 g/mol. The maximum atomic E-state index is 10.5. The zero-order valence-corrected chi connectivity index (χ0v) is 9.85. The second kappa shape index (κ2) is 6.88. The fourth-order valence-corrected chi connectivity index (χ4v) is 1.21. The molecule has 0 aromatic heterocycles. The van der Waals surface area contributed by atoms with E-state index in [1.807, 2.05) is 19.1 Å². The van der Waals surface area contributed by atoms with E-state index in [1.54, 1.807) is 12.1 Å². The van der Waals surface area contributed by atoms with Gasteiger partial charge in [-0.15, -0.1) is 0 Å². The number of benzene rings is 1. The first-order valence-electron chi connectivity index (χ1n) is 5.46. The number of carbonyl (C=O) groups excluding carboxylic acids is 1. The predicted molar refractivity (Wildman–Crippen MR) is 64.5 cm³/mol. The molecule has 0 saturated carbocycles. The number of nitrogens with one attached hydrogen (secondary N) is 1. The SMILES string of the molecule is CC(CO)NCc1ccc(OCC(N)=O)cc1. The maximum absolute atomic E-state index is 10.5. The number of carbonyl (C=O) groups is 1. The van der Waals surface area contributed by atoms with Gasteiger partial charge in [-0.1, -0.05) is 12.1 Å². The molecule has 0 fully saturated rings. The molecule has 0 aliphatic heterocycles. The van der Waals surface area contributed by atoms with Crippen molar-refractivity contribution >= 4 is 5.91 Å². The van der Waals surface area contributed by atoms with Crippen molar-refractivity contribution in [1.82, 2.24) is 5.32 Å². The van der Waals surface area contributed by atoms with E-state index in [4.69, 9.17) is 15.6 Å². The highest BCUT2D eigenvalue weighted by molar-refractivity contribution is 5.75. The van der Waals surface area contributed by atoms with Crippen LogP contribution in [-0.2, 0) is 11.3 Å². The molecule has 1 aromatic rings. The van der Waals surface area contributed by atoms with Crippen LogP contribution in [0.15, 0.2) is 24.3 Å². The Labute approximate surface area is 101 Å². The lowest BCUT2D eigenvalue weighted by molar-refractivity contribution is -0.119. The van der Waals surface area contributed by atoms with Crippen LogP contribution in [-0.4, -0.2) is 30.3 Å².